The second-order valence-electron chi connectivity index (χ2n) is 7.41. The fourth-order valence-corrected chi connectivity index (χ4v) is 3.71. The summed E-state index contributed by atoms with van der Waals surface area (Å²) in [6.45, 7) is 0.669. The maximum Gasteiger partial charge on any atom is 0.276 e. The summed E-state index contributed by atoms with van der Waals surface area (Å²) < 4.78 is 8.40. The molecular weight excluding hydrogens is 406 g/mol. The molecule has 5 aromatic rings. The molecule has 32 heavy (non-hydrogen) atoms. The molecule has 0 unspecified atom stereocenters. The van der Waals surface area contributed by atoms with Crippen LogP contribution in [-0.2, 0) is 6.54 Å². The van der Waals surface area contributed by atoms with E-state index in [0.717, 1.165) is 22.2 Å². The predicted octanol–water partition coefficient (Wildman–Crippen LogP) is 3.08. The van der Waals surface area contributed by atoms with Crippen LogP contribution in [0.4, 0.5) is 0 Å². The second kappa shape index (κ2) is 8.07. The van der Waals surface area contributed by atoms with Crippen LogP contribution in [0, 0.1) is 0 Å². The Balaban J connectivity index is 1.31. The van der Waals surface area contributed by atoms with E-state index in [9.17, 15) is 9.59 Å². The number of methoxy groups -OCH3 is 1. The Morgan fingerprint density at radius 3 is 2.81 bits per heavy atom. The standard InChI is InChI=1S/C24H21N5O3/c1-32-18-7-4-6-16(13-18)20-15-22-24(31)28(11-12-29(22)27-20)10-9-25-23(30)21-14-17-5-2-3-8-19(17)26-21/h2-8,11-15,26H,9-10H2,1H3,(H,25,30). The van der Waals surface area contributed by atoms with Gasteiger partial charge >= 0.3 is 0 Å². The zero-order valence-electron chi connectivity index (χ0n) is 17.4. The maximum absolute atomic E-state index is 12.9. The third-order valence-corrected chi connectivity index (χ3v) is 5.38. The van der Waals surface area contributed by atoms with Crippen molar-refractivity contribution in [2.45, 2.75) is 6.54 Å². The second-order valence-corrected chi connectivity index (χ2v) is 7.41. The average molecular weight is 427 g/mol. The number of nitrogens with one attached hydrogen (secondary N) is 2. The van der Waals surface area contributed by atoms with Crippen LogP contribution in [0.25, 0.3) is 27.7 Å². The Morgan fingerprint density at radius 1 is 1.09 bits per heavy atom. The number of para-hydroxylation sites is 1. The van der Waals surface area contributed by atoms with Crippen LogP contribution in [0.3, 0.4) is 0 Å². The minimum Gasteiger partial charge on any atom is -0.497 e. The average Bonchev–Trinajstić information content (AvgIpc) is 3.45. The number of aromatic amines is 1. The Bertz CT molecular complexity index is 1460. The Hall–Kier alpha value is -4.33. The molecule has 0 aliphatic carbocycles. The third kappa shape index (κ3) is 3.62. The summed E-state index contributed by atoms with van der Waals surface area (Å²) in [6.07, 6.45) is 3.41. The van der Waals surface area contributed by atoms with Gasteiger partial charge in [0, 0.05) is 41.9 Å². The van der Waals surface area contributed by atoms with Crippen LogP contribution < -0.4 is 15.6 Å². The maximum atomic E-state index is 12.9. The highest BCUT2D eigenvalue weighted by atomic mass is 16.5. The van der Waals surface area contributed by atoms with Gasteiger partial charge < -0.3 is 19.6 Å². The van der Waals surface area contributed by atoms with Gasteiger partial charge in [0.1, 0.15) is 17.0 Å². The summed E-state index contributed by atoms with van der Waals surface area (Å²) >= 11 is 0. The van der Waals surface area contributed by atoms with E-state index in [4.69, 9.17) is 4.74 Å². The summed E-state index contributed by atoms with van der Waals surface area (Å²) in [4.78, 5) is 28.5. The lowest BCUT2D eigenvalue weighted by molar-refractivity contribution is 0.0948. The summed E-state index contributed by atoms with van der Waals surface area (Å²) in [7, 11) is 1.61. The Morgan fingerprint density at radius 2 is 1.97 bits per heavy atom. The molecule has 0 spiro atoms. The number of hydrogen-bond donors (Lipinski definition) is 2. The predicted molar refractivity (Wildman–Crippen MR) is 122 cm³/mol. The van der Waals surface area contributed by atoms with E-state index in [1.807, 2.05) is 54.6 Å². The van der Waals surface area contributed by atoms with Gasteiger partial charge in [-0.2, -0.15) is 5.10 Å². The summed E-state index contributed by atoms with van der Waals surface area (Å²) in [6, 6.07) is 18.8. The largest absolute Gasteiger partial charge is 0.497 e. The number of fused-ring (bicyclic) bond motifs is 2. The molecular formula is C24H21N5O3. The molecule has 0 bridgehead atoms. The number of ether oxygens (including phenoxy) is 1. The van der Waals surface area contributed by atoms with E-state index in [1.54, 1.807) is 34.7 Å². The zero-order chi connectivity index (χ0) is 22.1. The number of H-pyrrole nitrogens is 1. The highest BCUT2D eigenvalue weighted by Gasteiger charge is 2.11. The number of benzene rings is 2. The highest BCUT2D eigenvalue weighted by molar-refractivity contribution is 5.97. The summed E-state index contributed by atoms with van der Waals surface area (Å²) in [5, 5.41) is 8.34. The first kappa shape index (κ1) is 19.6. The number of amides is 1. The van der Waals surface area contributed by atoms with Crippen LogP contribution in [0.2, 0.25) is 0 Å². The molecule has 5 rings (SSSR count). The zero-order valence-corrected chi connectivity index (χ0v) is 17.4. The third-order valence-electron chi connectivity index (χ3n) is 5.38. The molecule has 0 fully saturated rings. The van der Waals surface area contributed by atoms with E-state index in [-0.39, 0.29) is 11.5 Å². The quantitative estimate of drug-likeness (QED) is 0.436. The number of aromatic nitrogens is 4. The van der Waals surface area contributed by atoms with Crippen molar-refractivity contribution in [1.29, 1.82) is 0 Å². The molecule has 8 nitrogen and oxygen atoms in total. The van der Waals surface area contributed by atoms with Crippen molar-refractivity contribution >= 4 is 22.3 Å². The molecule has 0 radical (unpaired) electrons. The number of hydrogen-bond acceptors (Lipinski definition) is 4. The fourth-order valence-electron chi connectivity index (χ4n) is 3.71. The molecule has 2 N–H and O–H groups in total. The summed E-state index contributed by atoms with van der Waals surface area (Å²) in [5.74, 6) is 0.516. The van der Waals surface area contributed by atoms with Gasteiger partial charge in [0.2, 0.25) is 0 Å². The van der Waals surface area contributed by atoms with Crippen LogP contribution in [-0.4, -0.2) is 38.7 Å². The Kier molecular flexibility index (Phi) is 4.95. The van der Waals surface area contributed by atoms with Gasteiger partial charge in [-0.25, -0.2) is 4.52 Å². The van der Waals surface area contributed by atoms with Crippen LogP contribution in [0.5, 0.6) is 5.75 Å². The van der Waals surface area contributed by atoms with Crippen molar-refractivity contribution in [3.8, 4) is 17.0 Å². The highest BCUT2D eigenvalue weighted by Crippen LogP contribution is 2.23. The number of rotatable bonds is 6. The van der Waals surface area contributed by atoms with Gasteiger partial charge in [-0.05, 0) is 30.3 Å². The Labute approximate surface area is 183 Å². The van der Waals surface area contributed by atoms with Crippen LogP contribution >= 0.6 is 0 Å². The first-order valence-corrected chi connectivity index (χ1v) is 10.2. The van der Waals surface area contributed by atoms with Gasteiger partial charge in [-0.3, -0.25) is 9.59 Å². The van der Waals surface area contributed by atoms with Crippen molar-refractivity contribution in [2.24, 2.45) is 0 Å². The minimum atomic E-state index is -0.208. The van der Waals surface area contributed by atoms with Gasteiger partial charge in [-0.1, -0.05) is 30.3 Å². The molecule has 3 aromatic heterocycles. The van der Waals surface area contributed by atoms with Crippen molar-refractivity contribution in [1.82, 2.24) is 24.5 Å². The van der Waals surface area contributed by atoms with Gasteiger partial charge in [-0.15, -0.1) is 0 Å². The van der Waals surface area contributed by atoms with Gasteiger partial charge in [0.05, 0.1) is 12.8 Å². The van der Waals surface area contributed by atoms with E-state index in [2.05, 4.69) is 15.4 Å². The van der Waals surface area contributed by atoms with E-state index in [0.29, 0.717) is 30.0 Å². The van der Waals surface area contributed by atoms with Crippen LogP contribution in [0.15, 0.2) is 77.9 Å². The number of carbonyl (C=O) groups is 1. The molecule has 2 aromatic carbocycles. The molecule has 0 aliphatic rings. The van der Waals surface area contributed by atoms with E-state index in [1.165, 1.54) is 0 Å². The lowest BCUT2D eigenvalue weighted by atomic mass is 10.1. The van der Waals surface area contributed by atoms with Crippen molar-refractivity contribution in [3.63, 3.8) is 0 Å². The number of carbonyl (C=O) groups excluding carboxylic acids is 1. The molecule has 160 valence electrons. The van der Waals surface area contributed by atoms with Crippen molar-refractivity contribution in [2.75, 3.05) is 13.7 Å². The minimum absolute atomic E-state index is 0.172. The van der Waals surface area contributed by atoms with Gasteiger partial charge in [0.15, 0.2) is 0 Å². The molecule has 0 aliphatic heterocycles. The van der Waals surface area contributed by atoms with Crippen molar-refractivity contribution in [3.05, 3.63) is 89.1 Å². The van der Waals surface area contributed by atoms with Crippen molar-refractivity contribution < 1.29 is 9.53 Å². The first-order chi connectivity index (χ1) is 15.6. The normalized spacial score (nSPS) is 11.2. The fraction of sp³-hybridized carbons (Fsp3) is 0.125. The molecule has 0 saturated heterocycles. The SMILES string of the molecule is COc1cccc(-c2cc3c(=O)n(CCNC(=O)c4cc5ccccc5[nH]4)ccn3n2)c1. The number of nitrogens with zero attached hydrogens (tertiary/aromatic N) is 3. The van der Waals surface area contributed by atoms with E-state index < -0.39 is 0 Å². The molecule has 0 atom stereocenters. The van der Waals surface area contributed by atoms with Gasteiger partial charge in [0.25, 0.3) is 11.5 Å². The molecule has 8 heteroatoms. The monoisotopic (exact) mass is 427 g/mol. The lowest BCUT2D eigenvalue weighted by Crippen LogP contribution is -2.31. The molecule has 1 amide bonds. The summed E-state index contributed by atoms with van der Waals surface area (Å²) in [5.41, 5.74) is 3.25. The molecule has 0 saturated carbocycles. The lowest BCUT2D eigenvalue weighted by Gasteiger charge is -2.07. The first-order valence-electron chi connectivity index (χ1n) is 10.2. The van der Waals surface area contributed by atoms with Crippen LogP contribution in [0.1, 0.15) is 10.5 Å². The smallest absolute Gasteiger partial charge is 0.276 e. The topological polar surface area (TPSA) is 93.4 Å². The van der Waals surface area contributed by atoms with E-state index >= 15 is 0 Å². The molecule has 3 heterocycles.